The molecule has 4 heteroatoms. The van der Waals surface area contributed by atoms with Crippen LogP contribution in [0.4, 0.5) is 0 Å². The molecule has 3 nitrogen and oxygen atoms in total. The van der Waals surface area contributed by atoms with Crippen LogP contribution in [0.15, 0.2) is 30.3 Å². The summed E-state index contributed by atoms with van der Waals surface area (Å²) in [6, 6.07) is 9.94. The molecule has 1 heterocycles. The molecule has 22 heavy (non-hydrogen) atoms. The number of rotatable bonds is 5. The van der Waals surface area contributed by atoms with Crippen LogP contribution in [0.25, 0.3) is 0 Å². The quantitative estimate of drug-likeness (QED) is 0.907. The number of nitrogens with one attached hydrogen (secondary N) is 1. The van der Waals surface area contributed by atoms with Crippen molar-refractivity contribution in [2.24, 2.45) is 0 Å². The highest BCUT2D eigenvalue weighted by molar-refractivity contribution is 7.14. The standard InChI is InChI=1S/C18H21NO2S/c1-2-21-15-9-7-13(8-10-15)12-19-18(20)17-11-14-5-3-4-6-16(14)22-17/h7-11H,2-6,12H2,1H3,(H,19,20). The van der Waals surface area contributed by atoms with Crippen molar-refractivity contribution in [3.8, 4) is 5.75 Å². The molecule has 1 aromatic carbocycles. The van der Waals surface area contributed by atoms with E-state index < -0.39 is 0 Å². The van der Waals surface area contributed by atoms with Gasteiger partial charge in [-0.15, -0.1) is 11.3 Å². The molecule has 116 valence electrons. The summed E-state index contributed by atoms with van der Waals surface area (Å²) < 4.78 is 5.42. The molecule has 1 aliphatic carbocycles. The fourth-order valence-electron chi connectivity index (χ4n) is 2.74. The molecule has 1 aromatic heterocycles. The maximum absolute atomic E-state index is 12.3. The molecule has 0 bridgehead atoms. The Labute approximate surface area is 135 Å². The molecular weight excluding hydrogens is 294 g/mol. The summed E-state index contributed by atoms with van der Waals surface area (Å²) in [5.74, 6) is 0.900. The number of hydrogen-bond donors (Lipinski definition) is 1. The zero-order valence-electron chi connectivity index (χ0n) is 12.9. The number of aryl methyl sites for hydroxylation is 2. The van der Waals surface area contributed by atoms with Crippen LogP contribution in [0.1, 0.15) is 45.4 Å². The molecule has 0 aliphatic heterocycles. The Kier molecular flexibility index (Phi) is 4.78. The first-order valence-corrected chi connectivity index (χ1v) is 8.69. The first-order valence-electron chi connectivity index (χ1n) is 7.88. The summed E-state index contributed by atoms with van der Waals surface area (Å²) in [4.78, 5) is 14.5. The summed E-state index contributed by atoms with van der Waals surface area (Å²) in [5.41, 5.74) is 2.46. The molecular formula is C18H21NO2S. The Bertz CT molecular complexity index is 622. The van der Waals surface area contributed by atoms with Gasteiger partial charge >= 0.3 is 0 Å². The van der Waals surface area contributed by atoms with Crippen LogP contribution < -0.4 is 10.1 Å². The Balaban J connectivity index is 1.58. The van der Waals surface area contributed by atoms with Gasteiger partial charge in [0.1, 0.15) is 5.75 Å². The van der Waals surface area contributed by atoms with E-state index >= 15 is 0 Å². The molecule has 1 amide bonds. The second kappa shape index (κ2) is 6.97. The van der Waals surface area contributed by atoms with Gasteiger partial charge in [0.25, 0.3) is 5.91 Å². The molecule has 0 atom stereocenters. The number of thiophene rings is 1. The minimum atomic E-state index is 0.0354. The highest BCUT2D eigenvalue weighted by Crippen LogP contribution is 2.29. The Morgan fingerprint density at radius 3 is 2.73 bits per heavy atom. The highest BCUT2D eigenvalue weighted by atomic mass is 32.1. The summed E-state index contributed by atoms with van der Waals surface area (Å²) in [5, 5.41) is 3.01. The van der Waals surface area contributed by atoms with Gasteiger partial charge in [-0.2, -0.15) is 0 Å². The molecule has 1 N–H and O–H groups in total. The molecule has 2 aromatic rings. The Morgan fingerprint density at radius 1 is 1.23 bits per heavy atom. The smallest absolute Gasteiger partial charge is 0.261 e. The number of carbonyl (C=O) groups excluding carboxylic acids is 1. The average molecular weight is 315 g/mol. The van der Waals surface area contributed by atoms with Crippen molar-refractivity contribution < 1.29 is 9.53 Å². The zero-order valence-corrected chi connectivity index (χ0v) is 13.7. The van der Waals surface area contributed by atoms with Crippen LogP contribution in [0.3, 0.4) is 0 Å². The van der Waals surface area contributed by atoms with Crippen molar-refractivity contribution in [1.29, 1.82) is 0 Å². The van der Waals surface area contributed by atoms with Gasteiger partial charge in [-0.1, -0.05) is 12.1 Å². The molecule has 1 aliphatic rings. The SMILES string of the molecule is CCOc1ccc(CNC(=O)c2cc3c(s2)CCCC3)cc1. The van der Waals surface area contributed by atoms with E-state index in [0.717, 1.165) is 29.0 Å². The topological polar surface area (TPSA) is 38.3 Å². The van der Waals surface area contributed by atoms with Gasteiger partial charge in [0.05, 0.1) is 11.5 Å². The van der Waals surface area contributed by atoms with Crippen molar-refractivity contribution in [1.82, 2.24) is 5.32 Å². The summed E-state index contributed by atoms with van der Waals surface area (Å²) >= 11 is 1.66. The van der Waals surface area contributed by atoms with E-state index in [1.54, 1.807) is 11.3 Å². The Hall–Kier alpha value is -1.81. The maximum Gasteiger partial charge on any atom is 0.261 e. The van der Waals surface area contributed by atoms with Crippen LogP contribution in [-0.2, 0) is 19.4 Å². The number of ether oxygens (including phenoxy) is 1. The highest BCUT2D eigenvalue weighted by Gasteiger charge is 2.16. The normalized spacial score (nSPS) is 13.5. The van der Waals surface area contributed by atoms with Gasteiger partial charge in [-0.25, -0.2) is 0 Å². The fraction of sp³-hybridized carbons (Fsp3) is 0.389. The van der Waals surface area contributed by atoms with Crippen molar-refractivity contribution in [2.75, 3.05) is 6.61 Å². The van der Waals surface area contributed by atoms with Crippen molar-refractivity contribution in [3.63, 3.8) is 0 Å². The lowest BCUT2D eigenvalue weighted by Gasteiger charge is -2.08. The van der Waals surface area contributed by atoms with E-state index in [-0.39, 0.29) is 5.91 Å². The first-order chi connectivity index (χ1) is 10.8. The van der Waals surface area contributed by atoms with Crippen molar-refractivity contribution >= 4 is 17.2 Å². The molecule has 0 fully saturated rings. The van der Waals surface area contributed by atoms with Crippen LogP contribution in [0.5, 0.6) is 5.75 Å². The number of amides is 1. The number of benzene rings is 1. The molecule has 3 rings (SSSR count). The van der Waals surface area contributed by atoms with Crippen LogP contribution in [0, 0.1) is 0 Å². The predicted molar refractivity (Wildman–Crippen MR) is 89.7 cm³/mol. The van der Waals surface area contributed by atoms with Crippen molar-refractivity contribution in [2.45, 2.75) is 39.2 Å². The molecule has 0 saturated carbocycles. The third kappa shape index (κ3) is 3.50. The van der Waals surface area contributed by atoms with E-state index in [1.807, 2.05) is 31.2 Å². The number of fused-ring (bicyclic) bond motifs is 1. The molecule has 0 saturated heterocycles. The lowest BCUT2D eigenvalue weighted by Crippen LogP contribution is -2.21. The van der Waals surface area contributed by atoms with Gasteiger partial charge in [-0.05, 0) is 61.9 Å². The van der Waals surface area contributed by atoms with Gasteiger partial charge < -0.3 is 10.1 Å². The third-order valence-electron chi connectivity index (χ3n) is 3.91. The second-order valence-corrected chi connectivity index (χ2v) is 6.66. The average Bonchev–Trinajstić information content (AvgIpc) is 2.98. The van der Waals surface area contributed by atoms with E-state index in [1.165, 1.54) is 23.3 Å². The van der Waals surface area contributed by atoms with Gasteiger partial charge in [0, 0.05) is 11.4 Å². The van der Waals surface area contributed by atoms with Gasteiger partial charge in [-0.3, -0.25) is 4.79 Å². The molecule has 0 unspecified atom stereocenters. The molecule has 0 radical (unpaired) electrons. The lowest BCUT2D eigenvalue weighted by molar-refractivity contribution is 0.0955. The summed E-state index contributed by atoms with van der Waals surface area (Å²) in [6.07, 6.45) is 4.75. The minimum absolute atomic E-state index is 0.0354. The zero-order chi connectivity index (χ0) is 15.4. The summed E-state index contributed by atoms with van der Waals surface area (Å²) in [6.45, 7) is 3.18. The van der Waals surface area contributed by atoms with E-state index in [2.05, 4.69) is 11.4 Å². The predicted octanol–water partition coefficient (Wildman–Crippen LogP) is 3.96. The van der Waals surface area contributed by atoms with Gasteiger partial charge in [0.2, 0.25) is 0 Å². The van der Waals surface area contributed by atoms with Gasteiger partial charge in [0.15, 0.2) is 0 Å². The lowest BCUT2D eigenvalue weighted by atomic mass is 9.99. The van der Waals surface area contributed by atoms with Crippen LogP contribution in [0.2, 0.25) is 0 Å². The first kappa shape index (κ1) is 15.1. The largest absolute Gasteiger partial charge is 0.494 e. The number of carbonyl (C=O) groups is 1. The fourth-order valence-corrected chi connectivity index (χ4v) is 3.91. The van der Waals surface area contributed by atoms with Crippen LogP contribution in [-0.4, -0.2) is 12.5 Å². The molecule has 0 spiro atoms. The third-order valence-corrected chi connectivity index (χ3v) is 5.14. The van der Waals surface area contributed by atoms with E-state index in [9.17, 15) is 4.79 Å². The maximum atomic E-state index is 12.3. The van der Waals surface area contributed by atoms with E-state index in [4.69, 9.17) is 4.74 Å². The van der Waals surface area contributed by atoms with Crippen molar-refractivity contribution in [3.05, 3.63) is 51.2 Å². The van der Waals surface area contributed by atoms with Crippen LogP contribution >= 0.6 is 11.3 Å². The Morgan fingerprint density at radius 2 is 2.00 bits per heavy atom. The second-order valence-electron chi connectivity index (χ2n) is 5.53. The monoisotopic (exact) mass is 315 g/mol. The van der Waals surface area contributed by atoms with E-state index in [0.29, 0.717) is 13.2 Å². The summed E-state index contributed by atoms with van der Waals surface area (Å²) in [7, 11) is 0. The number of hydrogen-bond acceptors (Lipinski definition) is 3. The minimum Gasteiger partial charge on any atom is -0.494 e.